The van der Waals surface area contributed by atoms with E-state index in [4.69, 9.17) is 9.47 Å². The molecule has 2 atom stereocenters. The Labute approximate surface area is 150 Å². The summed E-state index contributed by atoms with van der Waals surface area (Å²) in [7, 11) is 1.41. The minimum absolute atomic E-state index is 0.0475. The molecule has 0 aliphatic carbocycles. The first kappa shape index (κ1) is 19.4. The molecule has 26 heavy (non-hydrogen) atoms. The van der Waals surface area contributed by atoms with Crippen LogP contribution < -0.4 is 4.74 Å². The number of ether oxygens (including phenoxy) is 2. The number of hydrogen-bond donors (Lipinski definition) is 3. The highest BCUT2D eigenvalue weighted by Gasteiger charge is 2.22. The lowest BCUT2D eigenvalue weighted by Gasteiger charge is -2.15. The van der Waals surface area contributed by atoms with Gasteiger partial charge in [0.05, 0.1) is 13.2 Å². The van der Waals surface area contributed by atoms with E-state index >= 15 is 0 Å². The van der Waals surface area contributed by atoms with Crippen molar-refractivity contribution < 1.29 is 34.4 Å². The molecule has 1 aromatic carbocycles. The van der Waals surface area contributed by atoms with Crippen molar-refractivity contribution in [3.05, 3.63) is 53.6 Å². The van der Waals surface area contributed by atoms with Gasteiger partial charge in [-0.1, -0.05) is 24.8 Å². The largest absolute Gasteiger partial charge is 0.507 e. The SMILES string of the molecule is C=C1/C=C\C(=O)C(O)C(O)C/C=C/c2cc(OC)cc(O)c2C(=O)OC1. The quantitative estimate of drug-likeness (QED) is 0.648. The third-order valence-electron chi connectivity index (χ3n) is 3.76. The molecule has 138 valence electrons. The molecule has 1 aromatic rings. The van der Waals surface area contributed by atoms with E-state index in [9.17, 15) is 24.9 Å². The highest BCUT2D eigenvalue weighted by molar-refractivity contribution is 5.97. The van der Waals surface area contributed by atoms with Crippen molar-refractivity contribution in [3.63, 3.8) is 0 Å². The second-order valence-corrected chi connectivity index (χ2v) is 5.73. The number of hydrogen-bond acceptors (Lipinski definition) is 7. The van der Waals surface area contributed by atoms with Crippen molar-refractivity contribution in [3.8, 4) is 11.5 Å². The number of aromatic hydroxyl groups is 1. The van der Waals surface area contributed by atoms with Gasteiger partial charge in [-0.25, -0.2) is 4.79 Å². The molecule has 0 saturated heterocycles. The van der Waals surface area contributed by atoms with E-state index in [2.05, 4.69) is 6.58 Å². The molecule has 0 amide bonds. The Hall–Kier alpha value is -2.90. The molecule has 7 heteroatoms. The van der Waals surface area contributed by atoms with E-state index in [0.717, 1.165) is 6.08 Å². The molecule has 1 aliphatic rings. The molecule has 3 N–H and O–H groups in total. The van der Waals surface area contributed by atoms with Crippen LogP contribution in [0.4, 0.5) is 0 Å². The maximum absolute atomic E-state index is 12.3. The second kappa shape index (κ2) is 8.46. The van der Waals surface area contributed by atoms with Crippen molar-refractivity contribution in [1.29, 1.82) is 0 Å². The maximum Gasteiger partial charge on any atom is 0.342 e. The number of phenolic OH excluding ortho intramolecular Hbond substituents is 1. The molecule has 0 fully saturated rings. The number of carbonyl (C=O) groups is 2. The molecule has 0 bridgehead atoms. The molecule has 0 spiro atoms. The number of ketones is 1. The van der Waals surface area contributed by atoms with Crippen molar-refractivity contribution >= 4 is 17.8 Å². The van der Waals surface area contributed by atoms with E-state index in [1.807, 2.05) is 0 Å². The highest BCUT2D eigenvalue weighted by Crippen LogP contribution is 2.30. The lowest BCUT2D eigenvalue weighted by atomic mass is 10.0. The summed E-state index contributed by atoms with van der Waals surface area (Å²) in [4.78, 5) is 24.2. The Kier molecular flexibility index (Phi) is 6.32. The van der Waals surface area contributed by atoms with Gasteiger partial charge in [0, 0.05) is 6.07 Å². The van der Waals surface area contributed by atoms with Crippen LogP contribution in [0.3, 0.4) is 0 Å². The third kappa shape index (κ3) is 4.59. The summed E-state index contributed by atoms with van der Waals surface area (Å²) in [6, 6.07) is 2.80. The highest BCUT2D eigenvalue weighted by atomic mass is 16.5. The van der Waals surface area contributed by atoms with Crippen LogP contribution in [0.5, 0.6) is 11.5 Å². The fraction of sp³-hybridized carbons (Fsp3) is 0.263. The van der Waals surface area contributed by atoms with Gasteiger partial charge in [0.25, 0.3) is 0 Å². The summed E-state index contributed by atoms with van der Waals surface area (Å²) in [5.74, 6) is -1.46. The van der Waals surface area contributed by atoms with Crippen molar-refractivity contribution in [1.82, 2.24) is 0 Å². The Bertz CT molecular complexity index is 776. The summed E-state index contributed by atoms with van der Waals surface area (Å²) in [6.07, 6.45) is 2.34. The standard InChI is InChI=1S/C19H20O7/c1-11-6-7-15(21)18(23)14(20)5-3-4-12-8-13(25-2)9-16(22)17(12)19(24)26-10-11/h3-4,6-9,14,18,20,22-23H,1,5,10H2,2H3/b4-3+,7-6-. The van der Waals surface area contributed by atoms with Crippen LogP contribution in [-0.4, -0.2) is 53.0 Å². The Morgan fingerprint density at radius 1 is 1.19 bits per heavy atom. The molecular weight excluding hydrogens is 340 g/mol. The zero-order chi connectivity index (χ0) is 19.3. The second-order valence-electron chi connectivity index (χ2n) is 5.73. The number of aliphatic hydroxyl groups excluding tert-OH is 2. The number of esters is 1. The lowest BCUT2D eigenvalue weighted by molar-refractivity contribution is -0.127. The summed E-state index contributed by atoms with van der Waals surface area (Å²) in [5.41, 5.74) is 0.538. The van der Waals surface area contributed by atoms with Gasteiger partial charge in [-0.15, -0.1) is 0 Å². The number of methoxy groups -OCH3 is 1. The monoisotopic (exact) mass is 360 g/mol. The van der Waals surface area contributed by atoms with Gasteiger partial charge in [0.15, 0.2) is 5.78 Å². The summed E-state index contributed by atoms with van der Waals surface area (Å²) in [5, 5.41) is 29.9. The summed E-state index contributed by atoms with van der Waals surface area (Å²) >= 11 is 0. The molecule has 7 nitrogen and oxygen atoms in total. The molecule has 2 rings (SSSR count). The fourth-order valence-electron chi connectivity index (χ4n) is 2.32. The van der Waals surface area contributed by atoms with Gasteiger partial charge < -0.3 is 24.8 Å². The average molecular weight is 360 g/mol. The van der Waals surface area contributed by atoms with Crippen LogP contribution in [0.1, 0.15) is 22.3 Å². The third-order valence-corrected chi connectivity index (χ3v) is 3.76. The predicted molar refractivity (Wildman–Crippen MR) is 93.9 cm³/mol. The molecule has 1 aliphatic heterocycles. The normalized spacial score (nSPS) is 24.2. The molecule has 0 saturated carbocycles. The molecular formula is C19H20O7. The van der Waals surface area contributed by atoms with Gasteiger partial charge in [-0.2, -0.15) is 0 Å². The van der Waals surface area contributed by atoms with Crippen molar-refractivity contribution in [2.24, 2.45) is 0 Å². The van der Waals surface area contributed by atoms with E-state index in [0.29, 0.717) is 16.9 Å². The minimum atomic E-state index is -1.59. The molecule has 2 unspecified atom stereocenters. The van der Waals surface area contributed by atoms with Crippen LogP contribution in [0.2, 0.25) is 0 Å². The maximum atomic E-state index is 12.3. The lowest BCUT2D eigenvalue weighted by Crippen LogP contribution is -2.32. The van der Waals surface area contributed by atoms with Gasteiger partial charge in [0.1, 0.15) is 29.8 Å². The van der Waals surface area contributed by atoms with Crippen molar-refractivity contribution in [2.45, 2.75) is 18.6 Å². The number of fused-ring (bicyclic) bond motifs is 1. The number of cyclic esters (lactones) is 1. The van der Waals surface area contributed by atoms with Gasteiger partial charge in [-0.05, 0) is 29.7 Å². The number of rotatable bonds is 1. The summed E-state index contributed by atoms with van der Waals surface area (Å²) in [6.45, 7) is 3.43. The Morgan fingerprint density at radius 3 is 2.62 bits per heavy atom. The Balaban J connectivity index is 2.46. The minimum Gasteiger partial charge on any atom is -0.507 e. The first-order valence-corrected chi connectivity index (χ1v) is 7.84. The van der Waals surface area contributed by atoms with Crippen LogP contribution >= 0.6 is 0 Å². The van der Waals surface area contributed by atoms with Crippen LogP contribution in [0, 0.1) is 0 Å². The average Bonchev–Trinajstić information content (AvgIpc) is 2.62. The zero-order valence-corrected chi connectivity index (χ0v) is 14.2. The van der Waals surface area contributed by atoms with Gasteiger partial charge >= 0.3 is 5.97 Å². The number of carbonyl (C=O) groups excluding carboxylic acids is 2. The van der Waals surface area contributed by atoms with Gasteiger partial charge in [0.2, 0.25) is 0 Å². The van der Waals surface area contributed by atoms with E-state index in [1.165, 1.54) is 37.5 Å². The van der Waals surface area contributed by atoms with Crippen LogP contribution in [-0.2, 0) is 9.53 Å². The number of phenols is 1. The number of benzene rings is 1. The molecule has 0 radical (unpaired) electrons. The number of aliphatic hydroxyl groups is 2. The first-order chi connectivity index (χ1) is 12.3. The van der Waals surface area contributed by atoms with Crippen LogP contribution in [0.25, 0.3) is 6.08 Å². The smallest absolute Gasteiger partial charge is 0.342 e. The topological polar surface area (TPSA) is 113 Å². The van der Waals surface area contributed by atoms with Crippen molar-refractivity contribution in [2.75, 3.05) is 13.7 Å². The molecule has 1 heterocycles. The van der Waals surface area contributed by atoms with E-state index < -0.39 is 24.0 Å². The molecule has 0 aromatic heterocycles. The van der Waals surface area contributed by atoms with Crippen LogP contribution in [0.15, 0.2) is 42.5 Å². The predicted octanol–water partition coefficient (Wildman–Crippen LogP) is 1.38. The van der Waals surface area contributed by atoms with Gasteiger partial charge in [-0.3, -0.25) is 4.79 Å². The Morgan fingerprint density at radius 2 is 1.92 bits per heavy atom. The zero-order valence-electron chi connectivity index (χ0n) is 14.2. The summed E-state index contributed by atoms with van der Waals surface area (Å²) < 4.78 is 10.2. The van der Waals surface area contributed by atoms with E-state index in [-0.39, 0.29) is 24.3 Å². The van der Waals surface area contributed by atoms with E-state index in [1.54, 1.807) is 0 Å². The first-order valence-electron chi connectivity index (χ1n) is 7.84. The fourth-order valence-corrected chi connectivity index (χ4v) is 2.32.